The normalized spacial score (nSPS) is 10.6. The summed E-state index contributed by atoms with van der Waals surface area (Å²) in [6.45, 7) is 4.56. The number of aryl methyl sites for hydroxylation is 1. The zero-order valence-corrected chi connectivity index (χ0v) is 16.0. The Morgan fingerprint density at radius 1 is 0.704 bits per heavy atom. The molecular formula is C24H28NO2+. The highest BCUT2D eigenvalue weighted by atomic mass is 16.5. The summed E-state index contributed by atoms with van der Waals surface area (Å²) in [4.78, 5) is 0. The Balaban J connectivity index is 1.44. The van der Waals surface area contributed by atoms with Gasteiger partial charge in [0.05, 0.1) is 13.2 Å². The van der Waals surface area contributed by atoms with Gasteiger partial charge in [-0.15, -0.1) is 0 Å². The van der Waals surface area contributed by atoms with E-state index in [1.165, 1.54) is 11.1 Å². The lowest BCUT2D eigenvalue weighted by Crippen LogP contribution is -2.33. The molecule has 1 heterocycles. The fourth-order valence-electron chi connectivity index (χ4n) is 2.87. The molecule has 0 aliphatic carbocycles. The van der Waals surface area contributed by atoms with Gasteiger partial charge < -0.3 is 9.47 Å². The first-order valence-electron chi connectivity index (χ1n) is 9.75. The van der Waals surface area contributed by atoms with Gasteiger partial charge in [-0.1, -0.05) is 43.7 Å². The number of aromatic nitrogens is 1. The standard InChI is InChI=1S/C24H28NO2/c1-2-3-18-26-23-12-14-24(15-13-23)27-19-8-17-25-16-7-11-22(20-25)21-9-5-4-6-10-21/h4-7,9-16,20H,2-3,8,17-19H2,1H3/q+1. The Morgan fingerprint density at radius 2 is 1.33 bits per heavy atom. The summed E-state index contributed by atoms with van der Waals surface area (Å²) in [5.74, 6) is 1.80. The van der Waals surface area contributed by atoms with Gasteiger partial charge in [-0.3, -0.25) is 0 Å². The van der Waals surface area contributed by atoms with Gasteiger partial charge in [0.1, 0.15) is 11.5 Å². The molecule has 3 nitrogen and oxygen atoms in total. The maximum Gasteiger partial charge on any atom is 0.176 e. The van der Waals surface area contributed by atoms with E-state index in [1.54, 1.807) is 0 Å². The first-order chi connectivity index (χ1) is 13.3. The van der Waals surface area contributed by atoms with Crippen LogP contribution in [0.1, 0.15) is 26.2 Å². The van der Waals surface area contributed by atoms with E-state index in [-0.39, 0.29) is 0 Å². The molecule has 0 atom stereocenters. The van der Waals surface area contributed by atoms with Crippen molar-refractivity contribution in [2.75, 3.05) is 13.2 Å². The van der Waals surface area contributed by atoms with Crippen LogP contribution < -0.4 is 14.0 Å². The summed E-state index contributed by atoms with van der Waals surface area (Å²) in [6, 6.07) is 22.6. The second kappa shape index (κ2) is 10.4. The number of benzene rings is 2. The molecule has 0 saturated carbocycles. The van der Waals surface area contributed by atoms with Crippen molar-refractivity contribution in [2.24, 2.45) is 0 Å². The predicted octanol–water partition coefficient (Wildman–Crippen LogP) is 5.29. The maximum atomic E-state index is 5.85. The first kappa shape index (κ1) is 19.0. The predicted molar refractivity (Wildman–Crippen MR) is 109 cm³/mol. The molecule has 27 heavy (non-hydrogen) atoms. The molecule has 0 fully saturated rings. The van der Waals surface area contributed by atoms with Crippen LogP contribution in [0, 0.1) is 0 Å². The molecule has 0 aliphatic rings. The Morgan fingerprint density at radius 3 is 2.00 bits per heavy atom. The lowest BCUT2D eigenvalue weighted by atomic mass is 10.1. The van der Waals surface area contributed by atoms with Crippen molar-refractivity contribution in [1.29, 1.82) is 0 Å². The summed E-state index contributed by atoms with van der Waals surface area (Å²) in [7, 11) is 0. The summed E-state index contributed by atoms with van der Waals surface area (Å²) in [6.07, 6.45) is 7.49. The molecule has 0 saturated heterocycles. The van der Waals surface area contributed by atoms with Crippen LogP contribution in [0.4, 0.5) is 0 Å². The minimum Gasteiger partial charge on any atom is -0.494 e. The van der Waals surface area contributed by atoms with Crippen molar-refractivity contribution >= 4 is 0 Å². The lowest BCUT2D eigenvalue weighted by Gasteiger charge is -2.08. The smallest absolute Gasteiger partial charge is 0.176 e. The third kappa shape index (κ3) is 6.14. The molecule has 0 radical (unpaired) electrons. The molecule has 1 aromatic heterocycles. The Hall–Kier alpha value is -2.81. The van der Waals surface area contributed by atoms with Crippen molar-refractivity contribution in [3.8, 4) is 22.6 Å². The Bertz CT molecular complexity index is 800. The van der Waals surface area contributed by atoms with E-state index in [0.29, 0.717) is 6.61 Å². The highest BCUT2D eigenvalue weighted by molar-refractivity contribution is 5.61. The van der Waals surface area contributed by atoms with Gasteiger partial charge >= 0.3 is 0 Å². The number of hydrogen-bond donors (Lipinski definition) is 0. The number of ether oxygens (including phenoxy) is 2. The highest BCUT2D eigenvalue weighted by Crippen LogP contribution is 2.18. The highest BCUT2D eigenvalue weighted by Gasteiger charge is 2.05. The quantitative estimate of drug-likeness (QED) is 0.361. The number of hydrogen-bond acceptors (Lipinski definition) is 2. The van der Waals surface area contributed by atoms with Crippen LogP contribution in [0.3, 0.4) is 0 Å². The topological polar surface area (TPSA) is 22.3 Å². The van der Waals surface area contributed by atoms with Gasteiger partial charge in [-0.2, -0.15) is 0 Å². The molecule has 0 amide bonds. The monoisotopic (exact) mass is 362 g/mol. The van der Waals surface area contributed by atoms with E-state index in [2.05, 4.69) is 60.3 Å². The van der Waals surface area contributed by atoms with E-state index in [1.807, 2.05) is 30.3 Å². The van der Waals surface area contributed by atoms with E-state index in [9.17, 15) is 0 Å². The van der Waals surface area contributed by atoms with Crippen LogP contribution in [0.25, 0.3) is 11.1 Å². The van der Waals surface area contributed by atoms with Crippen LogP contribution in [0.2, 0.25) is 0 Å². The number of unbranched alkanes of at least 4 members (excludes halogenated alkanes) is 1. The van der Waals surface area contributed by atoms with E-state index >= 15 is 0 Å². The maximum absolute atomic E-state index is 5.85. The summed E-state index contributed by atoms with van der Waals surface area (Å²) < 4.78 is 13.7. The van der Waals surface area contributed by atoms with Crippen molar-refractivity contribution in [1.82, 2.24) is 0 Å². The van der Waals surface area contributed by atoms with Gasteiger partial charge in [0.2, 0.25) is 0 Å². The molecule has 2 aromatic carbocycles. The zero-order valence-electron chi connectivity index (χ0n) is 16.0. The minimum atomic E-state index is 0.693. The fraction of sp³-hybridized carbons (Fsp3) is 0.292. The summed E-state index contributed by atoms with van der Waals surface area (Å²) >= 11 is 0. The van der Waals surface area contributed by atoms with Crippen LogP contribution in [-0.4, -0.2) is 13.2 Å². The second-order valence-electron chi connectivity index (χ2n) is 6.57. The molecule has 3 aromatic rings. The Kier molecular flexibility index (Phi) is 7.28. The third-order valence-electron chi connectivity index (χ3n) is 4.39. The average molecular weight is 362 g/mol. The Labute approximate surface area is 162 Å². The zero-order chi connectivity index (χ0) is 18.7. The van der Waals surface area contributed by atoms with Gasteiger partial charge in [-0.25, -0.2) is 4.57 Å². The minimum absolute atomic E-state index is 0.693. The molecule has 0 spiro atoms. The van der Waals surface area contributed by atoms with Gasteiger partial charge in [0, 0.05) is 18.1 Å². The number of pyridine rings is 1. The molecule has 0 unspecified atom stereocenters. The van der Waals surface area contributed by atoms with Crippen LogP contribution >= 0.6 is 0 Å². The summed E-state index contributed by atoms with van der Waals surface area (Å²) in [5.41, 5.74) is 2.47. The lowest BCUT2D eigenvalue weighted by molar-refractivity contribution is -0.696. The van der Waals surface area contributed by atoms with Crippen molar-refractivity contribution < 1.29 is 14.0 Å². The first-order valence-corrected chi connectivity index (χ1v) is 9.75. The van der Waals surface area contributed by atoms with Gasteiger partial charge in [-0.05, 0) is 42.3 Å². The number of nitrogens with zero attached hydrogens (tertiary/aromatic N) is 1. The van der Waals surface area contributed by atoms with Crippen molar-refractivity contribution in [3.05, 3.63) is 79.1 Å². The molecule has 140 valence electrons. The molecule has 3 heteroatoms. The third-order valence-corrected chi connectivity index (χ3v) is 4.39. The van der Waals surface area contributed by atoms with Crippen molar-refractivity contribution in [3.63, 3.8) is 0 Å². The van der Waals surface area contributed by atoms with Crippen LogP contribution in [0.5, 0.6) is 11.5 Å². The summed E-state index contributed by atoms with van der Waals surface area (Å²) in [5, 5.41) is 0. The molecule has 0 N–H and O–H groups in total. The number of rotatable bonds is 10. The van der Waals surface area contributed by atoms with Crippen LogP contribution in [-0.2, 0) is 6.54 Å². The van der Waals surface area contributed by atoms with Crippen molar-refractivity contribution in [2.45, 2.75) is 32.7 Å². The molecule has 0 bridgehead atoms. The molecular weight excluding hydrogens is 334 g/mol. The van der Waals surface area contributed by atoms with E-state index in [0.717, 1.165) is 43.9 Å². The second-order valence-corrected chi connectivity index (χ2v) is 6.57. The molecule has 3 rings (SSSR count). The molecule has 0 aliphatic heterocycles. The largest absolute Gasteiger partial charge is 0.494 e. The van der Waals surface area contributed by atoms with E-state index in [4.69, 9.17) is 9.47 Å². The average Bonchev–Trinajstić information content (AvgIpc) is 2.73. The van der Waals surface area contributed by atoms with E-state index < -0.39 is 0 Å². The van der Waals surface area contributed by atoms with Gasteiger partial charge in [0.15, 0.2) is 18.9 Å². The SMILES string of the molecule is CCCCOc1ccc(OCCC[n+]2cccc(-c3ccccc3)c2)cc1. The van der Waals surface area contributed by atoms with Crippen LogP contribution in [0.15, 0.2) is 79.1 Å². The fourth-order valence-corrected chi connectivity index (χ4v) is 2.87. The van der Waals surface area contributed by atoms with Gasteiger partial charge in [0.25, 0.3) is 0 Å².